The molecule has 3 fully saturated rings. The van der Waals surface area contributed by atoms with Crippen LogP contribution in [0.25, 0.3) is 0 Å². The van der Waals surface area contributed by atoms with E-state index in [0.29, 0.717) is 22.7 Å². The smallest absolute Gasteiger partial charge is 0.0577 e. The molecule has 0 amide bonds. The van der Waals surface area contributed by atoms with Crippen LogP contribution < -0.4 is 0 Å². The molecule has 164 valence electrons. The lowest BCUT2D eigenvalue weighted by Crippen LogP contribution is -2.50. The van der Waals surface area contributed by atoms with Crippen molar-refractivity contribution in [3.8, 4) is 0 Å². The minimum Gasteiger partial charge on any atom is -0.393 e. The van der Waals surface area contributed by atoms with Crippen molar-refractivity contribution in [2.24, 2.45) is 52.3 Å². The van der Waals surface area contributed by atoms with Crippen molar-refractivity contribution in [1.29, 1.82) is 0 Å². The summed E-state index contributed by atoms with van der Waals surface area (Å²) in [5, 5.41) is 10.2. The number of fused-ring (bicyclic) bond motifs is 5. The van der Waals surface area contributed by atoms with E-state index in [9.17, 15) is 5.11 Å². The topological polar surface area (TPSA) is 20.2 Å². The predicted octanol–water partition coefficient (Wildman–Crippen LogP) is 7.41. The highest BCUT2D eigenvalue weighted by Gasteiger charge is 2.58. The quantitative estimate of drug-likeness (QED) is 0.489. The van der Waals surface area contributed by atoms with Crippen LogP contribution in [0.4, 0.5) is 0 Å². The summed E-state index contributed by atoms with van der Waals surface area (Å²) in [7, 11) is 0. The van der Waals surface area contributed by atoms with Crippen LogP contribution in [0.15, 0.2) is 23.8 Å². The minimum atomic E-state index is -0.0866. The van der Waals surface area contributed by atoms with E-state index in [1.54, 1.807) is 5.57 Å². The van der Waals surface area contributed by atoms with Gasteiger partial charge < -0.3 is 5.11 Å². The van der Waals surface area contributed by atoms with Gasteiger partial charge in [-0.3, -0.25) is 0 Å². The number of aliphatic hydroxyl groups excluding tert-OH is 1. The van der Waals surface area contributed by atoms with Gasteiger partial charge in [-0.25, -0.2) is 0 Å². The molecule has 0 bridgehead atoms. The molecule has 29 heavy (non-hydrogen) atoms. The summed E-state index contributed by atoms with van der Waals surface area (Å²) in [6, 6.07) is 0. The number of hydrogen-bond donors (Lipinski definition) is 1. The fourth-order valence-electron chi connectivity index (χ4n) is 8.25. The molecule has 0 spiro atoms. The summed E-state index contributed by atoms with van der Waals surface area (Å²) >= 11 is 0. The second-order valence-electron chi connectivity index (χ2n) is 12.2. The number of hydrogen-bond acceptors (Lipinski definition) is 1. The molecular weight excluding hydrogens is 352 g/mol. The highest BCUT2D eigenvalue weighted by molar-refractivity contribution is 5.25. The SMILES string of the molecule is CC(C)[C@@H](C)/C=C/[C@@H](C)[C@H]1CC[C@H]2C3CC=C4C[C@@H](O)CC[C@]4(C)[C@H]3CC[C@]12C. The first kappa shape index (κ1) is 21.7. The van der Waals surface area contributed by atoms with Gasteiger partial charge in [-0.2, -0.15) is 0 Å². The third kappa shape index (κ3) is 3.58. The van der Waals surface area contributed by atoms with E-state index >= 15 is 0 Å². The first-order valence-electron chi connectivity index (χ1n) is 12.7. The molecule has 4 aliphatic rings. The summed E-state index contributed by atoms with van der Waals surface area (Å²) < 4.78 is 0. The molecule has 1 nitrogen and oxygen atoms in total. The molecule has 0 heterocycles. The molecule has 9 atom stereocenters. The van der Waals surface area contributed by atoms with E-state index < -0.39 is 0 Å². The zero-order valence-corrected chi connectivity index (χ0v) is 20.0. The Morgan fingerprint density at radius 2 is 1.72 bits per heavy atom. The second-order valence-corrected chi connectivity index (χ2v) is 12.2. The molecule has 4 aliphatic carbocycles. The van der Waals surface area contributed by atoms with Gasteiger partial charge in [-0.15, -0.1) is 0 Å². The Kier molecular flexibility index (Phi) is 5.86. The van der Waals surface area contributed by atoms with Crippen LogP contribution >= 0.6 is 0 Å². The van der Waals surface area contributed by atoms with Gasteiger partial charge in [-0.05, 0) is 104 Å². The highest BCUT2D eigenvalue weighted by atomic mass is 16.3. The van der Waals surface area contributed by atoms with E-state index in [-0.39, 0.29) is 6.10 Å². The van der Waals surface area contributed by atoms with Gasteiger partial charge in [0.1, 0.15) is 0 Å². The summed E-state index contributed by atoms with van der Waals surface area (Å²) in [6.07, 6.45) is 17.7. The first-order chi connectivity index (χ1) is 13.7. The van der Waals surface area contributed by atoms with Gasteiger partial charge in [-0.1, -0.05) is 65.3 Å². The maximum Gasteiger partial charge on any atom is 0.0577 e. The predicted molar refractivity (Wildman–Crippen MR) is 124 cm³/mol. The van der Waals surface area contributed by atoms with E-state index in [2.05, 4.69) is 59.8 Å². The molecule has 1 unspecified atom stereocenters. The Morgan fingerprint density at radius 3 is 2.45 bits per heavy atom. The molecule has 0 aromatic rings. The van der Waals surface area contributed by atoms with E-state index in [0.717, 1.165) is 42.4 Å². The Labute approximate surface area is 180 Å². The summed E-state index contributed by atoms with van der Waals surface area (Å²) in [6.45, 7) is 14.7. The minimum absolute atomic E-state index is 0.0866. The van der Waals surface area contributed by atoms with Crippen LogP contribution in [0.1, 0.15) is 92.9 Å². The van der Waals surface area contributed by atoms with Crippen LogP contribution in [-0.4, -0.2) is 11.2 Å². The lowest BCUT2D eigenvalue weighted by molar-refractivity contribution is -0.0540. The molecule has 0 aromatic carbocycles. The molecule has 0 aromatic heterocycles. The van der Waals surface area contributed by atoms with Gasteiger partial charge in [0.2, 0.25) is 0 Å². The fraction of sp³-hybridized carbons (Fsp3) is 0.857. The number of allylic oxidation sites excluding steroid dienone is 3. The van der Waals surface area contributed by atoms with Crippen LogP contribution in [0.5, 0.6) is 0 Å². The van der Waals surface area contributed by atoms with Crippen molar-refractivity contribution in [2.75, 3.05) is 0 Å². The molecular formula is C28H46O. The van der Waals surface area contributed by atoms with Crippen molar-refractivity contribution in [3.05, 3.63) is 23.8 Å². The summed E-state index contributed by atoms with van der Waals surface area (Å²) in [4.78, 5) is 0. The standard InChI is InChI=1S/C28H46O/c1-18(2)19(3)7-8-20(4)24-11-12-25-23-10-9-21-17-22(29)13-15-27(21,5)26(23)14-16-28(24,25)6/h7-9,18-20,22-26,29H,10-17H2,1-6H3/b8-7+/t19-,20+,22-,23?,24+,25-,26-,27-,28+/m0/s1. The molecule has 0 radical (unpaired) electrons. The second kappa shape index (κ2) is 7.85. The van der Waals surface area contributed by atoms with Crippen molar-refractivity contribution in [2.45, 2.75) is 99.0 Å². The summed E-state index contributed by atoms with van der Waals surface area (Å²) in [5.41, 5.74) is 2.51. The largest absolute Gasteiger partial charge is 0.393 e. The molecule has 3 saturated carbocycles. The molecule has 0 saturated heterocycles. The van der Waals surface area contributed by atoms with E-state index in [1.165, 1.54) is 38.5 Å². The Balaban J connectivity index is 1.53. The molecule has 0 aliphatic heterocycles. The van der Waals surface area contributed by atoms with E-state index in [1.807, 2.05) is 0 Å². The van der Waals surface area contributed by atoms with Gasteiger partial charge in [0, 0.05) is 0 Å². The lowest BCUT2D eigenvalue weighted by Gasteiger charge is -2.58. The normalized spacial score (nSPS) is 46.8. The monoisotopic (exact) mass is 398 g/mol. The van der Waals surface area contributed by atoms with Crippen LogP contribution in [-0.2, 0) is 0 Å². The third-order valence-electron chi connectivity index (χ3n) is 10.6. The molecule has 1 heteroatoms. The summed E-state index contributed by atoms with van der Waals surface area (Å²) in [5.74, 6) is 5.63. The first-order valence-corrected chi connectivity index (χ1v) is 12.7. The zero-order valence-electron chi connectivity index (χ0n) is 20.0. The lowest BCUT2D eigenvalue weighted by atomic mass is 9.47. The Hall–Kier alpha value is -0.560. The Bertz CT molecular complexity index is 659. The Morgan fingerprint density at radius 1 is 0.966 bits per heavy atom. The average molecular weight is 399 g/mol. The maximum atomic E-state index is 10.2. The van der Waals surface area contributed by atoms with Gasteiger partial charge in [0.25, 0.3) is 0 Å². The zero-order chi connectivity index (χ0) is 21.0. The molecule has 4 rings (SSSR count). The van der Waals surface area contributed by atoms with E-state index in [4.69, 9.17) is 0 Å². The number of aliphatic hydroxyl groups is 1. The average Bonchev–Trinajstić information content (AvgIpc) is 3.03. The van der Waals surface area contributed by atoms with Crippen molar-refractivity contribution in [1.82, 2.24) is 0 Å². The van der Waals surface area contributed by atoms with Crippen molar-refractivity contribution in [3.63, 3.8) is 0 Å². The van der Waals surface area contributed by atoms with Crippen molar-refractivity contribution < 1.29 is 5.11 Å². The maximum absolute atomic E-state index is 10.2. The molecule has 1 N–H and O–H groups in total. The highest BCUT2D eigenvalue weighted by Crippen LogP contribution is 2.67. The van der Waals surface area contributed by atoms with Crippen LogP contribution in [0, 0.1) is 52.3 Å². The van der Waals surface area contributed by atoms with Crippen LogP contribution in [0.2, 0.25) is 0 Å². The van der Waals surface area contributed by atoms with Gasteiger partial charge in [0.15, 0.2) is 0 Å². The van der Waals surface area contributed by atoms with Gasteiger partial charge >= 0.3 is 0 Å². The third-order valence-corrected chi connectivity index (χ3v) is 10.6. The van der Waals surface area contributed by atoms with Crippen molar-refractivity contribution >= 4 is 0 Å². The number of rotatable bonds is 4. The van der Waals surface area contributed by atoms with Crippen LogP contribution in [0.3, 0.4) is 0 Å². The van der Waals surface area contributed by atoms with Gasteiger partial charge in [0.05, 0.1) is 6.10 Å². The fourth-order valence-corrected chi connectivity index (χ4v) is 8.25.